The van der Waals surface area contributed by atoms with Crippen LogP contribution >= 0.6 is 0 Å². The molecule has 0 aliphatic heterocycles. The lowest BCUT2D eigenvalue weighted by molar-refractivity contribution is -0.139. The largest absolute Gasteiger partial charge is 0.480 e. The second-order valence-electron chi connectivity index (χ2n) is 3.70. The molecule has 0 fully saturated rings. The van der Waals surface area contributed by atoms with Crippen LogP contribution in [-0.4, -0.2) is 46.6 Å². The molecular formula is C9H22N2O4. The van der Waals surface area contributed by atoms with Crippen LogP contribution in [-0.2, 0) is 4.79 Å². The van der Waals surface area contributed by atoms with E-state index in [1.165, 1.54) is 0 Å². The van der Waals surface area contributed by atoms with Crippen LogP contribution in [0.2, 0.25) is 0 Å². The molecule has 0 amide bonds. The fourth-order valence-electron chi connectivity index (χ4n) is 0.758. The summed E-state index contributed by atoms with van der Waals surface area (Å²) in [6.07, 6.45) is 0.913. The van der Waals surface area contributed by atoms with Crippen molar-refractivity contribution in [3.63, 3.8) is 0 Å². The third-order valence-electron chi connectivity index (χ3n) is 1.52. The molecule has 0 aromatic heterocycles. The van der Waals surface area contributed by atoms with Gasteiger partial charge in [0.2, 0.25) is 0 Å². The Kier molecular flexibility index (Phi) is 11.0. The smallest absolute Gasteiger partial charge is 0.322 e. The van der Waals surface area contributed by atoms with E-state index in [0.717, 1.165) is 6.42 Å². The molecule has 15 heavy (non-hydrogen) atoms. The van der Waals surface area contributed by atoms with Gasteiger partial charge in [-0.1, -0.05) is 13.8 Å². The zero-order valence-corrected chi connectivity index (χ0v) is 9.26. The van der Waals surface area contributed by atoms with Gasteiger partial charge in [0.1, 0.15) is 6.04 Å². The van der Waals surface area contributed by atoms with Crippen LogP contribution in [0.3, 0.4) is 0 Å². The van der Waals surface area contributed by atoms with E-state index in [9.17, 15) is 4.79 Å². The van der Waals surface area contributed by atoms with Gasteiger partial charge in [-0.3, -0.25) is 4.79 Å². The lowest BCUT2D eigenvalue weighted by Crippen LogP contribution is -2.33. The van der Waals surface area contributed by atoms with Gasteiger partial charge < -0.3 is 26.8 Å². The highest BCUT2D eigenvalue weighted by Gasteiger charge is 2.07. The maximum atomic E-state index is 9.65. The Morgan fingerprint density at radius 3 is 1.73 bits per heavy atom. The van der Waals surface area contributed by atoms with Gasteiger partial charge in [-0.15, -0.1) is 0 Å². The zero-order valence-electron chi connectivity index (χ0n) is 9.26. The molecule has 0 saturated carbocycles. The van der Waals surface area contributed by atoms with Gasteiger partial charge >= 0.3 is 5.97 Å². The van der Waals surface area contributed by atoms with Gasteiger partial charge in [0.25, 0.3) is 0 Å². The Bertz CT molecular complexity index is 164. The van der Waals surface area contributed by atoms with E-state index in [1.54, 1.807) is 0 Å². The minimum atomic E-state index is -1.18. The number of aliphatic hydroxyl groups is 2. The van der Waals surface area contributed by atoms with Crippen LogP contribution in [0.15, 0.2) is 0 Å². The van der Waals surface area contributed by atoms with E-state index in [0.29, 0.717) is 5.92 Å². The summed E-state index contributed by atoms with van der Waals surface area (Å²) in [5.41, 5.74) is 10.2. The topological polar surface area (TPSA) is 130 Å². The van der Waals surface area contributed by atoms with Crippen molar-refractivity contribution >= 4 is 5.97 Å². The number of hydrogen-bond donors (Lipinski definition) is 5. The van der Waals surface area contributed by atoms with Crippen molar-refractivity contribution in [2.45, 2.75) is 32.4 Å². The standard InChI is InChI=1S/C6H15NO.C3H7NO3/c1-5(2)3-6(7)4-8;4-2(1-5)3(6)7/h5-6,8H,3-4,7H2,1-2H3;2,5H,1,4H2,(H,6,7)/t6-;2-/m00/s1. The van der Waals surface area contributed by atoms with Crippen molar-refractivity contribution in [1.29, 1.82) is 0 Å². The Balaban J connectivity index is 0. The highest BCUT2D eigenvalue weighted by molar-refractivity contribution is 5.73. The molecule has 0 spiro atoms. The molecule has 0 bridgehead atoms. The van der Waals surface area contributed by atoms with Gasteiger partial charge in [-0.2, -0.15) is 0 Å². The first-order chi connectivity index (χ1) is 6.84. The maximum absolute atomic E-state index is 9.65. The number of rotatable bonds is 5. The molecule has 6 nitrogen and oxygen atoms in total. The van der Waals surface area contributed by atoms with Gasteiger partial charge in [0, 0.05) is 6.04 Å². The average molecular weight is 222 g/mol. The van der Waals surface area contributed by atoms with Crippen molar-refractivity contribution < 1.29 is 20.1 Å². The lowest BCUT2D eigenvalue weighted by Gasteiger charge is -2.09. The fourth-order valence-corrected chi connectivity index (χ4v) is 0.758. The predicted octanol–water partition coefficient (Wildman–Crippen LogP) is -1.26. The van der Waals surface area contributed by atoms with Crippen molar-refractivity contribution in [1.82, 2.24) is 0 Å². The molecule has 0 radical (unpaired) electrons. The molecule has 0 rings (SSSR count). The van der Waals surface area contributed by atoms with Crippen LogP contribution in [0, 0.1) is 5.92 Å². The van der Waals surface area contributed by atoms with E-state index in [-0.39, 0.29) is 12.6 Å². The number of aliphatic hydroxyl groups excluding tert-OH is 2. The van der Waals surface area contributed by atoms with E-state index < -0.39 is 18.6 Å². The summed E-state index contributed by atoms with van der Waals surface area (Å²) in [5, 5.41) is 24.4. The summed E-state index contributed by atoms with van der Waals surface area (Å²) in [6, 6.07) is -1.14. The van der Waals surface area contributed by atoms with Gasteiger partial charge in [-0.25, -0.2) is 0 Å². The number of nitrogens with two attached hydrogens (primary N) is 2. The molecule has 0 aliphatic rings. The monoisotopic (exact) mass is 222 g/mol. The Labute approximate surface area is 89.9 Å². The molecule has 0 aliphatic carbocycles. The van der Waals surface area contributed by atoms with Crippen LogP contribution in [0.5, 0.6) is 0 Å². The molecular weight excluding hydrogens is 200 g/mol. The molecule has 0 aromatic carbocycles. The van der Waals surface area contributed by atoms with Gasteiger partial charge in [0.05, 0.1) is 13.2 Å². The first kappa shape index (κ1) is 16.7. The summed E-state index contributed by atoms with van der Waals surface area (Å²) in [5.74, 6) is -0.584. The maximum Gasteiger partial charge on any atom is 0.322 e. The van der Waals surface area contributed by atoms with E-state index in [1.807, 2.05) is 0 Å². The Morgan fingerprint density at radius 2 is 1.67 bits per heavy atom. The molecule has 0 heterocycles. The van der Waals surface area contributed by atoms with Crippen LogP contribution < -0.4 is 11.5 Å². The highest BCUT2D eigenvalue weighted by atomic mass is 16.4. The van der Waals surface area contributed by atoms with Crippen molar-refractivity contribution in [3.8, 4) is 0 Å². The van der Waals surface area contributed by atoms with E-state index in [4.69, 9.17) is 26.8 Å². The third kappa shape index (κ3) is 13.3. The Morgan fingerprint density at radius 1 is 1.20 bits per heavy atom. The number of carboxylic acids is 1. The fraction of sp³-hybridized carbons (Fsp3) is 0.889. The average Bonchev–Trinajstić information content (AvgIpc) is 2.16. The molecule has 2 atom stereocenters. The number of carbonyl (C=O) groups is 1. The van der Waals surface area contributed by atoms with Crippen LogP contribution in [0.1, 0.15) is 20.3 Å². The number of hydrogen-bond acceptors (Lipinski definition) is 5. The Hall–Kier alpha value is -0.690. The van der Waals surface area contributed by atoms with Crippen molar-refractivity contribution in [2.75, 3.05) is 13.2 Å². The SMILES string of the molecule is CC(C)C[C@H](N)CO.N[C@@H](CO)C(=O)O. The number of aliphatic carboxylic acids is 1. The summed E-state index contributed by atoms with van der Waals surface area (Å²) < 4.78 is 0. The zero-order chi connectivity index (χ0) is 12.4. The molecule has 0 saturated heterocycles. The molecule has 0 aromatic rings. The third-order valence-corrected chi connectivity index (χ3v) is 1.52. The van der Waals surface area contributed by atoms with E-state index in [2.05, 4.69) is 13.8 Å². The highest BCUT2D eigenvalue weighted by Crippen LogP contribution is 2.00. The molecule has 92 valence electrons. The summed E-state index contributed by atoms with van der Waals surface area (Å²) in [7, 11) is 0. The van der Waals surface area contributed by atoms with Crippen LogP contribution in [0.25, 0.3) is 0 Å². The predicted molar refractivity (Wildman–Crippen MR) is 57.2 cm³/mol. The first-order valence-electron chi connectivity index (χ1n) is 4.80. The quantitative estimate of drug-likeness (QED) is 0.395. The summed E-state index contributed by atoms with van der Waals surface area (Å²) in [4.78, 5) is 9.65. The van der Waals surface area contributed by atoms with Crippen molar-refractivity contribution in [2.24, 2.45) is 17.4 Å². The summed E-state index contributed by atoms with van der Waals surface area (Å²) >= 11 is 0. The molecule has 7 N–H and O–H groups in total. The number of carboxylic acid groups (broad SMARTS) is 1. The molecule has 0 unspecified atom stereocenters. The van der Waals surface area contributed by atoms with Crippen LogP contribution in [0.4, 0.5) is 0 Å². The normalized spacial score (nSPS) is 14.1. The first-order valence-corrected chi connectivity index (χ1v) is 4.80. The molecule has 6 heteroatoms. The summed E-state index contributed by atoms with van der Waals surface area (Å²) in [6.45, 7) is 3.79. The van der Waals surface area contributed by atoms with E-state index >= 15 is 0 Å². The van der Waals surface area contributed by atoms with Crippen molar-refractivity contribution in [3.05, 3.63) is 0 Å². The minimum absolute atomic E-state index is 0.0185. The van der Waals surface area contributed by atoms with Gasteiger partial charge in [-0.05, 0) is 12.3 Å². The second kappa shape index (κ2) is 9.85. The second-order valence-corrected chi connectivity index (χ2v) is 3.70. The lowest BCUT2D eigenvalue weighted by atomic mass is 10.1. The minimum Gasteiger partial charge on any atom is -0.480 e. The van der Waals surface area contributed by atoms with Gasteiger partial charge in [0.15, 0.2) is 0 Å².